The number of thiazole rings is 1. The van der Waals surface area contributed by atoms with Crippen LogP contribution < -0.4 is 29.1 Å². The first-order chi connectivity index (χ1) is 23.1. The molecule has 13 heteroatoms. The number of aromatic nitrogens is 1. The highest BCUT2D eigenvalue weighted by atomic mass is 79.9. The van der Waals surface area contributed by atoms with Crippen molar-refractivity contribution in [3.05, 3.63) is 119 Å². The summed E-state index contributed by atoms with van der Waals surface area (Å²) in [5, 5.41) is 0. The fraction of sp³-hybridized carbons (Fsp3) is 0.257. The Morgan fingerprint density at radius 3 is 2.50 bits per heavy atom. The van der Waals surface area contributed by atoms with Crippen LogP contribution in [0.25, 0.3) is 6.08 Å². The number of nitrogens with zero attached hydrogens (tertiary/aromatic N) is 2. The van der Waals surface area contributed by atoms with Crippen molar-refractivity contribution in [3.8, 4) is 17.2 Å². The summed E-state index contributed by atoms with van der Waals surface area (Å²) >= 11 is 4.64. The lowest BCUT2D eigenvalue weighted by atomic mass is 9.95. The molecule has 1 atom stereocenters. The third-order valence-corrected chi connectivity index (χ3v) is 8.75. The lowest BCUT2D eigenvalue weighted by Gasteiger charge is -2.25. The Hall–Kier alpha value is -4.75. The number of carbonyl (C=O) groups is 2. The van der Waals surface area contributed by atoms with E-state index in [2.05, 4.69) is 25.7 Å². The molecule has 0 amide bonds. The van der Waals surface area contributed by atoms with Gasteiger partial charge in [-0.25, -0.2) is 19.0 Å². The largest absolute Gasteiger partial charge is 0.490 e. The Labute approximate surface area is 287 Å². The molecule has 3 aromatic carbocycles. The zero-order valence-electron chi connectivity index (χ0n) is 26.6. The predicted molar refractivity (Wildman–Crippen MR) is 180 cm³/mol. The molecule has 2 heterocycles. The Kier molecular flexibility index (Phi) is 11.1. The van der Waals surface area contributed by atoms with E-state index >= 15 is 0 Å². The number of hydrogen-bond donors (Lipinski definition) is 0. The highest BCUT2D eigenvalue weighted by molar-refractivity contribution is 9.10. The molecular formula is C35H32BrFN2O8S. The van der Waals surface area contributed by atoms with Crippen molar-refractivity contribution in [3.63, 3.8) is 0 Å². The van der Waals surface area contributed by atoms with Crippen LogP contribution in [0.5, 0.6) is 17.2 Å². The van der Waals surface area contributed by atoms with E-state index in [9.17, 15) is 18.8 Å². The molecular weight excluding hydrogens is 707 g/mol. The third kappa shape index (κ3) is 7.52. The third-order valence-electron chi connectivity index (χ3n) is 7.27. The summed E-state index contributed by atoms with van der Waals surface area (Å²) in [7, 11) is 1.26. The van der Waals surface area contributed by atoms with Gasteiger partial charge in [0.1, 0.15) is 18.2 Å². The van der Waals surface area contributed by atoms with Crippen LogP contribution in [0.3, 0.4) is 0 Å². The average Bonchev–Trinajstić information content (AvgIpc) is 3.37. The smallest absolute Gasteiger partial charge is 0.343 e. The molecule has 0 radical (unpaired) electrons. The Morgan fingerprint density at radius 2 is 1.77 bits per heavy atom. The maximum atomic E-state index is 14.3. The monoisotopic (exact) mass is 738 g/mol. The molecule has 48 heavy (non-hydrogen) atoms. The van der Waals surface area contributed by atoms with Gasteiger partial charge in [-0.1, -0.05) is 51.5 Å². The second-order valence-corrected chi connectivity index (χ2v) is 12.3. The van der Waals surface area contributed by atoms with Gasteiger partial charge >= 0.3 is 11.9 Å². The molecule has 4 aromatic rings. The van der Waals surface area contributed by atoms with Gasteiger partial charge in [0.2, 0.25) is 0 Å². The molecule has 1 aliphatic rings. The van der Waals surface area contributed by atoms with Gasteiger partial charge in [-0.15, -0.1) is 0 Å². The molecule has 10 nitrogen and oxygen atoms in total. The van der Waals surface area contributed by atoms with Crippen LogP contribution in [0.1, 0.15) is 43.5 Å². The van der Waals surface area contributed by atoms with Gasteiger partial charge in [-0.2, -0.15) is 0 Å². The summed E-state index contributed by atoms with van der Waals surface area (Å²) in [5.74, 6) is -0.524. The number of hydrogen-bond acceptors (Lipinski definition) is 10. The topological polar surface area (TPSA) is 115 Å². The number of methoxy groups -OCH3 is 1. The van der Waals surface area contributed by atoms with Crippen molar-refractivity contribution in [1.29, 1.82) is 0 Å². The number of fused-ring (bicyclic) bond motifs is 1. The Morgan fingerprint density at radius 1 is 1.00 bits per heavy atom. The van der Waals surface area contributed by atoms with Gasteiger partial charge < -0.3 is 23.7 Å². The van der Waals surface area contributed by atoms with Gasteiger partial charge in [-0.05, 0) is 68.8 Å². The summed E-state index contributed by atoms with van der Waals surface area (Å²) in [6.45, 7) is 5.24. The van der Waals surface area contributed by atoms with E-state index in [-0.39, 0.29) is 43.6 Å². The first-order valence-corrected chi connectivity index (χ1v) is 16.6. The van der Waals surface area contributed by atoms with E-state index < -0.39 is 23.5 Å². The average molecular weight is 740 g/mol. The number of rotatable bonds is 12. The van der Waals surface area contributed by atoms with Crippen LogP contribution >= 0.6 is 27.3 Å². The first kappa shape index (κ1) is 34.6. The van der Waals surface area contributed by atoms with E-state index in [1.165, 1.54) is 17.7 Å². The van der Waals surface area contributed by atoms with Crippen LogP contribution in [-0.4, -0.2) is 43.4 Å². The van der Waals surface area contributed by atoms with Crippen molar-refractivity contribution in [2.24, 2.45) is 4.99 Å². The second kappa shape index (κ2) is 15.4. The van der Waals surface area contributed by atoms with Crippen molar-refractivity contribution in [2.45, 2.75) is 33.4 Å². The van der Waals surface area contributed by atoms with E-state index in [0.717, 1.165) is 15.8 Å². The molecule has 0 N–H and O–H groups in total. The SMILES string of the molecule is CCOC(=O)C1=C(C)N=c2s/c(=C\c3cc(Br)ccc3OCc3ccccc3F)c(=O)n2[C@@H]1c1ccc(OCC(=O)OC)c(OCC)c1. The lowest BCUT2D eigenvalue weighted by molar-refractivity contribution is -0.143. The number of esters is 2. The minimum Gasteiger partial charge on any atom is -0.490 e. The summed E-state index contributed by atoms with van der Waals surface area (Å²) in [5.41, 5.74) is 1.69. The van der Waals surface area contributed by atoms with Crippen LogP contribution in [-0.2, 0) is 25.7 Å². The molecule has 1 aliphatic heterocycles. The van der Waals surface area contributed by atoms with E-state index in [0.29, 0.717) is 43.2 Å². The second-order valence-electron chi connectivity index (χ2n) is 10.4. The molecule has 0 saturated heterocycles. The first-order valence-electron chi connectivity index (χ1n) is 15.0. The Bertz CT molecular complexity index is 2070. The maximum absolute atomic E-state index is 14.3. The molecule has 0 fully saturated rings. The molecule has 5 rings (SSSR count). The zero-order valence-corrected chi connectivity index (χ0v) is 29.0. The fourth-order valence-corrected chi connectivity index (χ4v) is 6.48. The standard InChI is InChI=1S/C35H32BrFN2O8S/c1-5-44-28-16-21(11-13-27(28)47-19-30(40)43-4)32-31(34(42)45-6-2)20(3)38-35-39(32)33(41)29(48-35)17-23-15-24(36)12-14-26(23)46-18-22-9-7-8-10-25(22)37/h7-17,32H,5-6,18-19H2,1-4H3/b29-17-/t32-/m1/s1. The van der Waals surface area contributed by atoms with Gasteiger partial charge in [-0.3, -0.25) is 9.36 Å². The highest BCUT2D eigenvalue weighted by Crippen LogP contribution is 2.36. The van der Waals surface area contributed by atoms with Crippen LogP contribution in [0.4, 0.5) is 4.39 Å². The van der Waals surface area contributed by atoms with Crippen molar-refractivity contribution in [1.82, 2.24) is 4.57 Å². The number of carbonyl (C=O) groups excluding carboxylic acids is 2. The zero-order chi connectivity index (χ0) is 34.4. The van der Waals surface area contributed by atoms with E-state index in [1.807, 2.05) is 0 Å². The highest BCUT2D eigenvalue weighted by Gasteiger charge is 2.34. The molecule has 0 spiro atoms. The van der Waals surface area contributed by atoms with E-state index in [1.54, 1.807) is 81.4 Å². The molecule has 0 bridgehead atoms. The van der Waals surface area contributed by atoms with Crippen LogP contribution in [0, 0.1) is 5.82 Å². The van der Waals surface area contributed by atoms with E-state index in [4.69, 9.17) is 18.9 Å². The summed E-state index contributed by atoms with van der Waals surface area (Å²) in [6.07, 6.45) is 1.68. The minimum atomic E-state index is -0.921. The maximum Gasteiger partial charge on any atom is 0.343 e. The van der Waals surface area contributed by atoms with Gasteiger partial charge in [0.25, 0.3) is 5.56 Å². The van der Waals surface area contributed by atoms with Crippen LogP contribution in [0.15, 0.2) is 86.2 Å². The fourth-order valence-electron chi connectivity index (χ4n) is 5.06. The molecule has 1 aromatic heterocycles. The number of halogens is 2. The Balaban J connectivity index is 1.62. The molecule has 250 valence electrons. The summed E-state index contributed by atoms with van der Waals surface area (Å²) in [6, 6.07) is 15.7. The van der Waals surface area contributed by atoms with Gasteiger partial charge in [0.15, 0.2) is 22.9 Å². The van der Waals surface area contributed by atoms with Gasteiger partial charge in [0.05, 0.1) is 42.2 Å². The molecule has 0 unspecified atom stereocenters. The number of benzene rings is 3. The van der Waals surface area contributed by atoms with Crippen molar-refractivity contribution >= 4 is 45.3 Å². The normalized spacial score (nSPS) is 14.2. The number of ether oxygens (including phenoxy) is 5. The minimum absolute atomic E-state index is 0.0139. The number of allylic oxidation sites excluding steroid dienone is 1. The quantitative estimate of drug-likeness (QED) is 0.182. The lowest BCUT2D eigenvalue weighted by Crippen LogP contribution is -2.40. The van der Waals surface area contributed by atoms with Crippen molar-refractivity contribution < 1.29 is 37.7 Å². The molecule has 0 aliphatic carbocycles. The van der Waals surface area contributed by atoms with Gasteiger partial charge in [0, 0.05) is 15.6 Å². The molecule has 0 saturated carbocycles. The van der Waals surface area contributed by atoms with Crippen molar-refractivity contribution in [2.75, 3.05) is 26.9 Å². The summed E-state index contributed by atoms with van der Waals surface area (Å²) < 4.78 is 44.4. The van der Waals surface area contributed by atoms with Crippen LogP contribution in [0.2, 0.25) is 0 Å². The summed E-state index contributed by atoms with van der Waals surface area (Å²) in [4.78, 5) is 44.4. The predicted octanol–water partition coefficient (Wildman–Crippen LogP) is 5.23.